The molecule has 0 unspecified atom stereocenters. The summed E-state index contributed by atoms with van der Waals surface area (Å²) in [5.41, 5.74) is 4.91. The molecule has 7 nitrogen and oxygen atoms in total. The van der Waals surface area contributed by atoms with Crippen molar-refractivity contribution in [1.82, 2.24) is 19.5 Å². The number of halogens is 1. The van der Waals surface area contributed by atoms with E-state index in [4.69, 9.17) is 21.3 Å². The normalized spacial score (nSPS) is 14.2. The summed E-state index contributed by atoms with van der Waals surface area (Å²) < 4.78 is 7.53. The second kappa shape index (κ2) is 8.53. The fraction of sp³-hybridized carbons (Fsp3) is 0.261. The fourth-order valence-corrected chi connectivity index (χ4v) is 4.20. The molecule has 0 atom stereocenters. The van der Waals surface area contributed by atoms with Gasteiger partial charge in [0.25, 0.3) is 0 Å². The van der Waals surface area contributed by atoms with Crippen LogP contribution in [-0.2, 0) is 11.3 Å². The van der Waals surface area contributed by atoms with Crippen molar-refractivity contribution in [2.75, 3.05) is 36.5 Å². The summed E-state index contributed by atoms with van der Waals surface area (Å²) in [6, 6.07) is 12.2. The Balaban J connectivity index is 1.41. The first-order chi connectivity index (χ1) is 15.2. The summed E-state index contributed by atoms with van der Waals surface area (Å²) >= 11 is 6.36. The van der Waals surface area contributed by atoms with Crippen LogP contribution >= 0.6 is 11.6 Å². The van der Waals surface area contributed by atoms with E-state index in [1.807, 2.05) is 12.1 Å². The number of morpholine rings is 1. The Morgan fingerprint density at radius 3 is 2.58 bits per heavy atom. The van der Waals surface area contributed by atoms with Crippen LogP contribution in [0, 0.1) is 0 Å². The minimum atomic E-state index is 0.498. The van der Waals surface area contributed by atoms with Crippen molar-refractivity contribution in [3.63, 3.8) is 0 Å². The second-order valence-electron chi connectivity index (χ2n) is 7.36. The Hall–Kier alpha value is -3.16. The van der Waals surface area contributed by atoms with E-state index in [1.54, 1.807) is 12.4 Å². The molecular formula is C23H23ClN6O. The van der Waals surface area contributed by atoms with Gasteiger partial charge in [0.2, 0.25) is 5.95 Å². The van der Waals surface area contributed by atoms with Crippen LogP contribution in [0.1, 0.15) is 6.92 Å². The third-order valence-electron chi connectivity index (χ3n) is 5.51. The number of nitrogens with zero attached hydrogens (tertiary/aromatic N) is 5. The SMILES string of the molecule is CCn1cc(-c2ccnc(Nc3ccc(N4CCOCC4)cc3)n2)c2ccnc(Cl)c21. The van der Waals surface area contributed by atoms with Crippen molar-refractivity contribution >= 4 is 39.8 Å². The maximum absolute atomic E-state index is 6.36. The summed E-state index contributed by atoms with van der Waals surface area (Å²) in [6.07, 6.45) is 5.57. The number of pyridine rings is 1. The van der Waals surface area contributed by atoms with Crippen LogP contribution in [0.2, 0.25) is 5.15 Å². The van der Waals surface area contributed by atoms with Crippen LogP contribution < -0.4 is 10.2 Å². The highest BCUT2D eigenvalue weighted by Crippen LogP contribution is 2.33. The molecule has 4 heterocycles. The molecule has 4 aromatic rings. The number of rotatable bonds is 5. The monoisotopic (exact) mass is 434 g/mol. The van der Waals surface area contributed by atoms with E-state index in [9.17, 15) is 0 Å². The highest BCUT2D eigenvalue weighted by molar-refractivity contribution is 6.34. The Labute approximate surface area is 185 Å². The molecule has 31 heavy (non-hydrogen) atoms. The van der Waals surface area contributed by atoms with E-state index >= 15 is 0 Å². The molecule has 1 aromatic carbocycles. The molecule has 0 radical (unpaired) electrons. The van der Waals surface area contributed by atoms with Crippen LogP contribution in [0.5, 0.6) is 0 Å². The largest absolute Gasteiger partial charge is 0.378 e. The molecule has 1 aliphatic rings. The number of benzene rings is 1. The Morgan fingerprint density at radius 2 is 1.81 bits per heavy atom. The van der Waals surface area contributed by atoms with Gasteiger partial charge in [-0.25, -0.2) is 15.0 Å². The van der Waals surface area contributed by atoms with Gasteiger partial charge in [-0.15, -0.1) is 0 Å². The first-order valence-corrected chi connectivity index (χ1v) is 10.8. The van der Waals surface area contributed by atoms with E-state index in [0.717, 1.165) is 60.7 Å². The molecule has 158 valence electrons. The molecule has 0 amide bonds. The molecule has 8 heteroatoms. The number of hydrogen-bond acceptors (Lipinski definition) is 6. The molecule has 1 aliphatic heterocycles. The van der Waals surface area contributed by atoms with Gasteiger partial charge in [0.1, 0.15) is 0 Å². The lowest BCUT2D eigenvalue weighted by Gasteiger charge is -2.28. The molecule has 0 bridgehead atoms. The summed E-state index contributed by atoms with van der Waals surface area (Å²) in [5.74, 6) is 0.550. The van der Waals surface area contributed by atoms with Gasteiger partial charge < -0.3 is 19.5 Å². The lowest BCUT2D eigenvalue weighted by Crippen LogP contribution is -2.36. The fourth-order valence-electron chi connectivity index (χ4n) is 3.94. The van der Waals surface area contributed by atoms with Crippen LogP contribution in [0.4, 0.5) is 17.3 Å². The molecule has 0 spiro atoms. The minimum absolute atomic E-state index is 0.498. The van der Waals surface area contributed by atoms with Crippen molar-refractivity contribution < 1.29 is 4.74 Å². The zero-order valence-electron chi connectivity index (χ0n) is 17.3. The van der Waals surface area contributed by atoms with Crippen molar-refractivity contribution in [3.8, 4) is 11.3 Å². The van der Waals surface area contributed by atoms with E-state index in [0.29, 0.717) is 11.1 Å². The standard InChI is InChI=1S/C23H23ClN6O/c1-2-29-15-19(18-7-9-25-22(24)21(18)29)20-8-10-26-23(28-20)27-16-3-5-17(6-4-16)30-11-13-31-14-12-30/h3-10,15H,2,11-14H2,1H3,(H,26,27,28). The highest BCUT2D eigenvalue weighted by Gasteiger charge is 2.15. The molecule has 0 aliphatic carbocycles. The third kappa shape index (κ3) is 3.94. The highest BCUT2D eigenvalue weighted by atomic mass is 35.5. The summed E-state index contributed by atoms with van der Waals surface area (Å²) in [6.45, 7) is 6.27. The van der Waals surface area contributed by atoms with Crippen LogP contribution in [0.15, 0.2) is 55.0 Å². The van der Waals surface area contributed by atoms with Crippen LogP contribution in [0.25, 0.3) is 22.2 Å². The number of nitrogens with one attached hydrogen (secondary N) is 1. The zero-order valence-corrected chi connectivity index (χ0v) is 18.0. The van der Waals surface area contributed by atoms with Gasteiger partial charge in [0, 0.05) is 60.5 Å². The van der Waals surface area contributed by atoms with Gasteiger partial charge in [0.15, 0.2) is 5.15 Å². The third-order valence-corrected chi connectivity index (χ3v) is 5.79. The first kappa shape index (κ1) is 19.8. The van der Waals surface area contributed by atoms with Crippen molar-refractivity contribution in [2.24, 2.45) is 0 Å². The van der Waals surface area contributed by atoms with Gasteiger partial charge in [-0.2, -0.15) is 0 Å². The predicted molar refractivity (Wildman–Crippen MR) is 124 cm³/mol. The van der Waals surface area contributed by atoms with Gasteiger partial charge in [0.05, 0.1) is 24.4 Å². The topological polar surface area (TPSA) is 68.1 Å². The number of hydrogen-bond donors (Lipinski definition) is 1. The molecule has 3 aromatic heterocycles. The van der Waals surface area contributed by atoms with E-state index in [1.165, 1.54) is 5.69 Å². The maximum Gasteiger partial charge on any atom is 0.227 e. The lowest BCUT2D eigenvalue weighted by molar-refractivity contribution is 0.122. The van der Waals surface area contributed by atoms with E-state index < -0.39 is 0 Å². The Kier molecular flexibility index (Phi) is 5.44. The van der Waals surface area contributed by atoms with E-state index in [-0.39, 0.29) is 0 Å². The second-order valence-corrected chi connectivity index (χ2v) is 7.72. The summed E-state index contributed by atoms with van der Waals surface area (Å²) in [5, 5.41) is 4.84. The number of fused-ring (bicyclic) bond motifs is 1. The predicted octanol–water partition coefficient (Wildman–Crippen LogP) is 4.75. The molecule has 0 saturated carbocycles. The van der Waals surface area contributed by atoms with Gasteiger partial charge in [-0.3, -0.25) is 0 Å². The maximum atomic E-state index is 6.36. The average Bonchev–Trinajstić information content (AvgIpc) is 3.21. The van der Waals surface area contributed by atoms with Crippen LogP contribution in [-0.4, -0.2) is 45.8 Å². The Bertz CT molecular complexity index is 1200. The lowest BCUT2D eigenvalue weighted by atomic mass is 10.1. The first-order valence-electron chi connectivity index (χ1n) is 10.4. The summed E-state index contributed by atoms with van der Waals surface area (Å²) in [4.78, 5) is 15.7. The molecule has 1 fully saturated rings. The summed E-state index contributed by atoms with van der Waals surface area (Å²) in [7, 11) is 0. The van der Waals surface area contributed by atoms with Gasteiger partial charge >= 0.3 is 0 Å². The molecule has 1 saturated heterocycles. The smallest absolute Gasteiger partial charge is 0.227 e. The number of aryl methyl sites for hydroxylation is 1. The average molecular weight is 435 g/mol. The number of anilines is 3. The zero-order chi connectivity index (χ0) is 21.2. The number of aromatic nitrogens is 4. The molecule has 1 N–H and O–H groups in total. The minimum Gasteiger partial charge on any atom is -0.378 e. The molecular weight excluding hydrogens is 412 g/mol. The van der Waals surface area contributed by atoms with Gasteiger partial charge in [-0.05, 0) is 43.3 Å². The Morgan fingerprint density at radius 1 is 1.03 bits per heavy atom. The van der Waals surface area contributed by atoms with E-state index in [2.05, 4.69) is 62.1 Å². The van der Waals surface area contributed by atoms with Crippen molar-refractivity contribution in [2.45, 2.75) is 13.5 Å². The number of ether oxygens (including phenoxy) is 1. The van der Waals surface area contributed by atoms with Crippen molar-refractivity contribution in [1.29, 1.82) is 0 Å². The quantitative estimate of drug-likeness (QED) is 0.457. The molecule has 5 rings (SSSR count). The van der Waals surface area contributed by atoms with Crippen LogP contribution in [0.3, 0.4) is 0 Å². The van der Waals surface area contributed by atoms with Crippen molar-refractivity contribution in [3.05, 3.63) is 60.1 Å². The van der Waals surface area contributed by atoms with Gasteiger partial charge in [-0.1, -0.05) is 11.6 Å².